The number of hydrogen-bond donors (Lipinski definition) is 2. The molecule has 31 heavy (non-hydrogen) atoms. The standard InChI is InChI=1S/C22H19BrN2O5S/c1-11-4-12-6-17(21(11)29-3)25-31-18-7-13(5-16(23)20(18)26)22(27)30-10-14-8-19(28-2)24-9-15(12)14/h4-9,25-26H,10H2,1-3H3. The van der Waals surface area contributed by atoms with E-state index >= 15 is 0 Å². The summed E-state index contributed by atoms with van der Waals surface area (Å²) in [7, 11) is 3.14. The second-order valence-corrected chi connectivity index (χ2v) is 8.55. The molecule has 4 rings (SSSR count). The first-order valence-corrected chi connectivity index (χ1v) is 10.9. The number of carbonyl (C=O) groups excluding carboxylic acids is 1. The van der Waals surface area contributed by atoms with Gasteiger partial charge in [0, 0.05) is 23.4 Å². The minimum atomic E-state index is -0.510. The van der Waals surface area contributed by atoms with Crippen molar-refractivity contribution in [3.8, 4) is 28.5 Å². The lowest BCUT2D eigenvalue weighted by Crippen LogP contribution is -2.07. The van der Waals surface area contributed by atoms with Crippen molar-refractivity contribution in [1.29, 1.82) is 0 Å². The molecule has 0 unspecified atom stereocenters. The number of rotatable bonds is 2. The molecule has 0 saturated heterocycles. The van der Waals surface area contributed by atoms with Crippen molar-refractivity contribution >= 4 is 39.5 Å². The Morgan fingerprint density at radius 3 is 2.71 bits per heavy atom. The molecule has 4 bridgehead atoms. The zero-order chi connectivity index (χ0) is 22.1. The van der Waals surface area contributed by atoms with Crippen molar-refractivity contribution in [1.82, 2.24) is 4.98 Å². The maximum absolute atomic E-state index is 12.7. The molecule has 1 aliphatic rings. The molecule has 0 aliphatic carbocycles. The van der Waals surface area contributed by atoms with Crippen LogP contribution in [0, 0.1) is 6.92 Å². The lowest BCUT2D eigenvalue weighted by Gasteiger charge is -2.17. The lowest BCUT2D eigenvalue weighted by molar-refractivity contribution is 0.0472. The van der Waals surface area contributed by atoms with Crippen LogP contribution in [-0.2, 0) is 11.3 Å². The van der Waals surface area contributed by atoms with Crippen molar-refractivity contribution in [3.05, 3.63) is 57.7 Å². The highest BCUT2D eigenvalue weighted by Crippen LogP contribution is 2.41. The van der Waals surface area contributed by atoms with Crippen molar-refractivity contribution < 1.29 is 24.1 Å². The number of esters is 1. The summed E-state index contributed by atoms with van der Waals surface area (Å²) >= 11 is 4.47. The monoisotopic (exact) mass is 502 g/mol. The maximum Gasteiger partial charge on any atom is 0.338 e. The Hall–Kier alpha value is -2.91. The first kappa shape index (κ1) is 21.3. The maximum atomic E-state index is 12.7. The number of anilines is 1. The summed E-state index contributed by atoms with van der Waals surface area (Å²) in [5, 5.41) is 10.4. The van der Waals surface area contributed by atoms with Crippen LogP contribution < -0.4 is 14.2 Å². The molecule has 2 heterocycles. The minimum absolute atomic E-state index is 0.0213. The molecule has 0 fully saturated rings. The van der Waals surface area contributed by atoms with E-state index in [0.717, 1.165) is 27.9 Å². The number of phenols is 1. The SMILES string of the molecule is COc1cc2c(cn1)-c1cc(C)c(OC)c(c1)NSc1cc(cc(Br)c1O)C(=O)OC2. The number of pyridine rings is 1. The summed E-state index contributed by atoms with van der Waals surface area (Å²) in [5.74, 6) is 0.612. The van der Waals surface area contributed by atoms with Crippen LogP contribution in [0.15, 0.2) is 45.9 Å². The third-order valence-electron chi connectivity index (χ3n) is 4.86. The van der Waals surface area contributed by atoms with E-state index in [9.17, 15) is 9.90 Å². The van der Waals surface area contributed by atoms with Crippen molar-refractivity contribution in [2.45, 2.75) is 18.4 Å². The number of methoxy groups -OCH3 is 2. The molecule has 0 amide bonds. The number of benzene rings is 2. The summed E-state index contributed by atoms with van der Waals surface area (Å²) in [6, 6.07) is 8.77. The number of hydrogen-bond acceptors (Lipinski definition) is 8. The predicted molar refractivity (Wildman–Crippen MR) is 122 cm³/mol. The number of fused-ring (bicyclic) bond motifs is 6. The van der Waals surface area contributed by atoms with Gasteiger partial charge in [-0.2, -0.15) is 0 Å². The average Bonchev–Trinajstić information content (AvgIpc) is 2.77. The van der Waals surface area contributed by atoms with Gasteiger partial charge < -0.3 is 24.0 Å². The number of cyclic esters (lactones) is 1. The molecule has 0 radical (unpaired) electrons. The van der Waals surface area contributed by atoms with Crippen LogP contribution in [0.5, 0.6) is 17.4 Å². The highest BCUT2D eigenvalue weighted by atomic mass is 79.9. The molecule has 2 aromatic carbocycles. The first-order chi connectivity index (χ1) is 14.9. The molecular formula is C22H19BrN2O5S. The fourth-order valence-electron chi connectivity index (χ4n) is 3.35. The van der Waals surface area contributed by atoms with E-state index in [1.54, 1.807) is 25.4 Å². The van der Waals surface area contributed by atoms with E-state index < -0.39 is 5.97 Å². The van der Waals surface area contributed by atoms with Crippen LogP contribution in [0.3, 0.4) is 0 Å². The molecule has 9 heteroatoms. The van der Waals surface area contributed by atoms with Gasteiger partial charge in [-0.25, -0.2) is 9.78 Å². The number of ether oxygens (including phenoxy) is 3. The lowest BCUT2D eigenvalue weighted by atomic mass is 9.99. The third kappa shape index (κ3) is 4.15. The van der Waals surface area contributed by atoms with Crippen molar-refractivity contribution in [3.63, 3.8) is 0 Å². The molecule has 160 valence electrons. The van der Waals surface area contributed by atoms with Gasteiger partial charge in [0.05, 0.1) is 34.8 Å². The molecule has 0 spiro atoms. The Bertz CT molecular complexity index is 1190. The Labute approximate surface area is 192 Å². The number of aromatic nitrogens is 1. The molecule has 1 aromatic heterocycles. The van der Waals surface area contributed by atoms with E-state index in [2.05, 4.69) is 25.6 Å². The van der Waals surface area contributed by atoms with E-state index in [1.165, 1.54) is 25.1 Å². The number of nitrogens with one attached hydrogen (secondary N) is 1. The van der Waals surface area contributed by atoms with E-state index in [0.29, 0.717) is 26.6 Å². The quantitative estimate of drug-likeness (QED) is 0.358. The summed E-state index contributed by atoms with van der Waals surface area (Å²) in [6.45, 7) is 1.98. The molecular weight excluding hydrogens is 484 g/mol. The summed E-state index contributed by atoms with van der Waals surface area (Å²) in [4.78, 5) is 17.5. The van der Waals surface area contributed by atoms with Gasteiger partial charge in [-0.15, -0.1) is 0 Å². The highest BCUT2D eigenvalue weighted by Gasteiger charge is 2.20. The van der Waals surface area contributed by atoms with Gasteiger partial charge in [0.25, 0.3) is 0 Å². The Morgan fingerprint density at radius 1 is 1.16 bits per heavy atom. The second kappa shape index (κ2) is 8.68. The van der Waals surface area contributed by atoms with E-state index in [1.807, 2.05) is 19.1 Å². The number of aromatic hydroxyl groups is 1. The summed E-state index contributed by atoms with van der Waals surface area (Å²) < 4.78 is 20.1. The summed E-state index contributed by atoms with van der Waals surface area (Å²) in [5.41, 5.74) is 4.38. The largest absolute Gasteiger partial charge is 0.506 e. The number of nitrogens with zero attached hydrogens (tertiary/aromatic N) is 1. The number of halogens is 1. The second-order valence-electron chi connectivity index (χ2n) is 6.84. The van der Waals surface area contributed by atoms with Crippen LogP contribution in [-0.4, -0.2) is 30.3 Å². The highest BCUT2D eigenvalue weighted by molar-refractivity contribution is 9.10. The Kier molecular flexibility index (Phi) is 5.97. The molecule has 0 saturated carbocycles. The minimum Gasteiger partial charge on any atom is -0.506 e. The van der Waals surface area contributed by atoms with Crippen molar-refractivity contribution in [2.24, 2.45) is 0 Å². The topological polar surface area (TPSA) is 89.9 Å². The molecule has 7 nitrogen and oxygen atoms in total. The van der Waals surface area contributed by atoms with E-state index in [4.69, 9.17) is 14.2 Å². The smallest absolute Gasteiger partial charge is 0.338 e. The fourth-order valence-corrected chi connectivity index (χ4v) is 4.70. The van der Waals surface area contributed by atoms with E-state index in [-0.39, 0.29) is 12.4 Å². The predicted octanol–water partition coefficient (Wildman–Crippen LogP) is 5.33. The molecule has 1 aliphatic heterocycles. The Balaban J connectivity index is 1.92. The average molecular weight is 503 g/mol. The molecule has 0 atom stereocenters. The van der Waals surface area contributed by atoms with Crippen LogP contribution in [0.1, 0.15) is 21.5 Å². The zero-order valence-electron chi connectivity index (χ0n) is 17.0. The van der Waals surface area contributed by atoms with Crippen LogP contribution >= 0.6 is 27.9 Å². The zero-order valence-corrected chi connectivity index (χ0v) is 19.4. The van der Waals surface area contributed by atoms with Gasteiger partial charge in [0.2, 0.25) is 5.88 Å². The van der Waals surface area contributed by atoms with Crippen LogP contribution in [0.4, 0.5) is 5.69 Å². The van der Waals surface area contributed by atoms with Gasteiger partial charge in [-0.3, -0.25) is 0 Å². The third-order valence-corrected chi connectivity index (χ3v) is 6.31. The van der Waals surface area contributed by atoms with Crippen LogP contribution in [0.25, 0.3) is 11.1 Å². The molecule has 3 aromatic rings. The summed E-state index contributed by atoms with van der Waals surface area (Å²) in [6.07, 6.45) is 1.70. The van der Waals surface area contributed by atoms with Crippen molar-refractivity contribution in [2.75, 3.05) is 18.9 Å². The van der Waals surface area contributed by atoms with Gasteiger partial charge in [0.1, 0.15) is 18.1 Å². The van der Waals surface area contributed by atoms with Gasteiger partial charge in [0.15, 0.2) is 0 Å². The fraction of sp³-hybridized carbons (Fsp3) is 0.182. The van der Waals surface area contributed by atoms with Gasteiger partial charge in [-0.1, -0.05) is 0 Å². The Morgan fingerprint density at radius 2 is 1.97 bits per heavy atom. The number of phenolic OH excluding ortho intramolecular Hbond substituents is 1. The van der Waals surface area contributed by atoms with Gasteiger partial charge >= 0.3 is 5.97 Å². The van der Waals surface area contributed by atoms with Crippen LogP contribution in [0.2, 0.25) is 0 Å². The number of aryl methyl sites for hydroxylation is 1. The number of carbonyl (C=O) groups is 1. The van der Waals surface area contributed by atoms with Gasteiger partial charge in [-0.05, 0) is 70.2 Å². The first-order valence-electron chi connectivity index (χ1n) is 9.25. The normalized spacial score (nSPS) is 13.0. The molecule has 2 N–H and O–H groups in total.